The predicted molar refractivity (Wildman–Crippen MR) is 64.3 cm³/mol. The molecule has 0 fully saturated rings. The molecule has 0 spiro atoms. The third-order valence-electron chi connectivity index (χ3n) is 2.62. The molecule has 0 radical (unpaired) electrons. The normalized spacial score (nSPS) is 12.4. The van der Waals surface area contributed by atoms with Gasteiger partial charge in [0.2, 0.25) is 0 Å². The van der Waals surface area contributed by atoms with E-state index in [4.69, 9.17) is 5.11 Å². The summed E-state index contributed by atoms with van der Waals surface area (Å²) in [6.07, 6.45) is 1.59. The second-order valence-electron chi connectivity index (χ2n) is 3.97. The topological polar surface area (TPSA) is 49.3 Å². The molecule has 0 aromatic heterocycles. The van der Waals surface area contributed by atoms with Crippen LogP contribution in [0.4, 0.5) is 4.39 Å². The maximum Gasteiger partial charge on any atom is 0.303 e. The Balaban J connectivity index is 2.45. The predicted octanol–water partition coefficient (Wildman–Crippen LogP) is 2.73. The highest BCUT2D eigenvalue weighted by Gasteiger charge is 2.09. The quantitative estimate of drug-likeness (QED) is 0.719. The molecule has 3 nitrogen and oxygen atoms in total. The Morgan fingerprint density at radius 2 is 2.29 bits per heavy atom. The van der Waals surface area contributed by atoms with Gasteiger partial charge in [-0.05, 0) is 37.1 Å². The summed E-state index contributed by atoms with van der Waals surface area (Å²) in [5.41, 5.74) is 0.905. The fourth-order valence-corrected chi connectivity index (χ4v) is 1.74. The number of carboxylic acid groups (broad SMARTS) is 1. The van der Waals surface area contributed by atoms with E-state index in [1.807, 2.05) is 13.0 Å². The molecule has 1 atom stereocenters. The van der Waals surface area contributed by atoms with Crippen LogP contribution >= 0.6 is 0 Å². The van der Waals surface area contributed by atoms with Gasteiger partial charge in [0.25, 0.3) is 0 Å². The van der Waals surface area contributed by atoms with E-state index in [0.29, 0.717) is 13.0 Å². The first kappa shape index (κ1) is 13.6. The van der Waals surface area contributed by atoms with E-state index in [-0.39, 0.29) is 18.3 Å². The maximum absolute atomic E-state index is 13.1. The van der Waals surface area contributed by atoms with Gasteiger partial charge < -0.3 is 10.4 Å². The van der Waals surface area contributed by atoms with Crippen LogP contribution < -0.4 is 5.32 Å². The first-order valence-electron chi connectivity index (χ1n) is 5.84. The molecule has 0 bridgehead atoms. The molecule has 0 aliphatic heterocycles. The van der Waals surface area contributed by atoms with Crippen LogP contribution in [0.5, 0.6) is 0 Å². The van der Waals surface area contributed by atoms with Gasteiger partial charge in [0.1, 0.15) is 5.82 Å². The molecule has 1 aromatic rings. The lowest BCUT2D eigenvalue weighted by Gasteiger charge is -2.17. The Labute approximate surface area is 101 Å². The van der Waals surface area contributed by atoms with Crippen molar-refractivity contribution in [3.8, 4) is 0 Å². The lowest BCUT2D eigenvalue weighted by Crippen LogP contribution is -2.22. The van der Waals surface area contributed by atoms with Crippen molar-refractivity contribution >= 4 is 5.97 Å². The Morgan fingerprint density at radius 1 is 1.53 bits per heavy atom. The molecular weight excluding hydrogens is 221 g/mol. The van der Waals surface area contributed by atoms with Crippen molar-refractivity contribution in [3.05, 3.63) is 35.6 Å². The molecule has 0 aliphatic carbocycles. The van der Waals surface area contributed by atoms with Gasteiger partial charge in [0.15, 0.2) is 0 Å². The number of rotatable bonds is 7. The summed E-state index contributed by atoms with van der Waals surface area (Å²) >= 11 is 0. The number of benzene rings is 1. The van der Waals surface area contributed by atoms with Crippen LogP contribution in [0, 0.1) is 5.82 Å². The second kappa shape index (κ2) is 7.01. The van der Waals surface area contributed by atoms with E-state index in [2.05, 4.69) is 5.32 Å². The van der Waals surface area contributed by atoms with Crippen LogP contribution in [-0.2, 0) is 4.79 Å². The Morgan fingerprint density at radius 3 is 2.88 bits per heavy atom. The second-order valence-corrected chi connectivity index (χ2v) is 3.97. The molecule has 94 valence electrons. The molecule has 0 aliphatic rings. The van der Waals surface area contributed by atoms with Crippen molar-refractivity contribution in [2.45, 2.75) is 32.2 Å². The first-order valence-corrected chi connectivity index (χ1v) is 5.84. The van der Waals surface area contributed by atoms with Crippen LogP contribution in [0.2, 0.25) is 0 Å². The van der Waals surface area contributed by atoms with Gasteiger partial charge in [-0.1, -0.05) is 19.1 Å². The number of aliphatic carboxylic acids is 1. The third kappa shape index (κ3) is 4.95. The summed E-state index contributed by atoms with van der Waals surface area (Å²) in [5.74, 6) is -1.03. The van der Waals surface area contributed by atoms with Gasteiger partial charge in [-0.2, -0.15) is 0 Å². The summed E-state index contributed by atoms with van der Waals surface area (Å²) < 4.78 is 13.1. The van der Waals surface area contributed by atoms with E-state index in [1.165, 1.54) is 12.1 Å². The standard InChI is InChI=1S/C13H18FNO2/c1-2-12(15-8-4-7-13(16)17)10-5-3-6-11(14)9-10/h3,5-6,9,12,15H,2,4,7-8H2,1H3,(H,16,17). The number of halogens is 1. The Hall–Kier alpha value is -1.42. The number of hydrogen-bond donors (Lipinski definition) is 2. The van der Waals surface area contributed by atoms with Crippen molar-refractivity contribution in [1.29, 1.82) is 0 Å². The Kier molecular flexibility index (Phi) is 5.63. The molecule has 17 heavy (non-hydrogen) atoms. The van der Waals surface area contributed by atoms with Crippen LogP contribution in [0.15, 0.2) is 24.3 Å². The Bertz CT molecular complexity index is 368. The minimum Gasteiger partial charge on any atom is -0.481 e. The first-order chi connectivity index (χ1) is 8.13. The fourth-order valence-electron chi connectivity index (χ4n) is 1.74. The van der Waals surface area contributed by atoms with Gasteiger partial charge in [-0.15, -0.1) is 0 Å². The molecule has 4 heteroatoms. The van der Waals surface area contributed by atoms with Crippen molar-refractivity contribution in [3.63, 3.8) is 0 Å². The van der Waals surface area contributed by atoms with Gasteiger partial charge in [-0.25, -0.2) is 4.39 Å². The van der Waals surface area contributed by atoms with Crippen molar-refractivity contribution < 1.29 is 14.3 Å². The lowest BCUT2D eigenvalue weighted by molar-refractivity contribution is -0.137. The van der Waals surface area contributed by atoms with Crippen LogP contribution in [0.3, 0.4) is 0 Å². The molecule has 0 heterocycles. The van der Waals surface area contributed by atoms with Gasteiger partial charge in [-0.3, -0.25) is 4.79 Å². The van der Waals surface area contributed by atoms with E-state index in [9.17, 15) is 9.18 Å². The molecule has 0 saturated heterocycles. The molecule has 1 unspecified atom stereocenters. The molecule has 0 saturated carbocycles. The van der Waals surface area contributed by atoms with Crippen LogP contribution in [0.1, 0.15) is 37.8 Å². The van der Waals surface area contributed by atoms with Crippen LogP contribution in [-0.4, -0.2) is 17.6 Å². The largest absolute Gasteiger partial charge is 0.481 e. The van der Waals surface area contributed by atoms with E-state index in [0.717, 1.165) is 12.0 Å². The monoisotopic (exact) mass is 239 g/mol. The fraction of sp³-hybridized carbons (Fsp3) is 0.462. The SMILES string of the molecule is CCC(NCCCC(=O)O)c1cccc(F)c1. The average molecular weight is 239 g/mol. The van der Waals surface area contributed by atoms with Crippen molar-refractivity contribution in [1.82, 2.24) is 5.32 Å². The van der Waals surface area contributed by atoms with Gasteiger partial charge in [0, 0.05) is 12.5 Å². The molecule has 0 amide bonds. The average Bonchev–Trinajstić information content (AvgIpc) is 2.29. The summed E-state index contributed by atoms with van der Waals surface area (Å²) in [6.45, 7) is 2.64. The number of carbonyl (C=O) groups is 1. The maximum atomic E-state index is 13.1. The summed E-state index contributed by atoms with van der Waals surface area (Å²) in [7, 11) is 0. The number of hydrogen-bond acceptors (Lipinski definition) is 2. The zero-order valence-electron chi connectivity index (χ0n) is 9.95. The van der Waals surface area contributed by atoms with E-state index >= 15 is 0 Å². The van der Waals surface area contributed by atoms with Gasteiger partial charge in [0.05, 0.1) is 0 Å². The lowest BCUT2D eigenvalue weighted by atomic mass is 10.0. The van der Waals surface area contributed by atoms with Crippen molar-refractivity contribution in [2.24, 2.45) is 0 Å². The highest BCUT2D eigenvalue weighted by molar-refractivity contribution is 5.66. The molecular formula is C13H18FNO2. The zero-order valence-corrected chi connectivity index (χ0v) is 9.95. The summed E-state index contributed by atoms with van der Waals surface area (Å²) in [6, 6.07) is 6.58. The van der Waals surface area contributed by atoms with E-state index in [1.54, 1.807) is 6.07 Å². The number of nitrogens with one attached hydrogen (secondary N) is 1. The zero-order chi connectivity index (χ0) is 12.7. The highest BCUT2D eigenvalue weighted by Crippen LogP contribution is 2.17. The molecule has 1 aromatic carbocycles. The van der Waals surface area contributed by atoms with Crippen molar-refractivity contribution in [2.75, 3.05) is 6.54 Å². The smallest absolute Gasteiger partial charge is 0.303 e. The highest BCUT2D eigenvalue weighted by atomic mass is 19.1. The summed E-state index contributed by atoms with van der Waals surface area (Å²) in [5, 5.41) is 11.8. The van der Waals surface area contributed by atoms with E-state index < -0.39 is 5.97 Å². The summed E-state index contributed by atoms with van der Waals surface area (Å²) in [4.78, 5) is 10.4. The number of carboxylic acids is 1. The minimum absolute atomic E-state index is 0.0829. The third-order valence-corrected chi connectivity index (χ3v) is 2.62. The molecule has 1 rings (SSSR count). The van der Waals surface area contributed by atoms with Crippen LogP contribution in [0.25, 0.3) is 0 Å². The minimum atomic E-state index is -0.786. The van der Waals surface area contributed by atoms with Gasteiger partial charge >= 0.3 is 5.97 Å². The molecule has 2 N–H and O–H groups in total.